The molecule has 13 heavy (non-hydrogen) atoms. The van der Waals surface area contributed by atoms with Gasteiger partial charge in [0.2, 0.25) is 0 Å². The highest BCUT2D eigenvalue weighted by Crippen LogP contribution is 2.34. The molecule has 0 N–H and O–H groups in total. The summed E-state index contributed by atoms with van der Waals surface area (Å²) in [4.78, 5) is 3.63. The van der Waals surface area contributed by atoms with Crippen LogP contribution in [0.25, 0.3) is 0 Å². The van der Waals surface area contributed by atoms with Crippen molar-refractivity contribution in [2.45, 2.75) is 11.5 Å². The Labute approximate surface area is 89.6 Å². The van der Waals surface area contributed by atoms with Crippen LogP contribution < -0.4 is 0 Å². The lowest BCUT2D eigenvalue weighted by molar-refractivity contribution is -0.138. The number of pyridine rings is 1. The van der Waals surface area contributed by atoms with Gasteiger partial charge in [-0.2, -0.15) is 13.2 Å². The maximum atomic E-state index is 12.2. The average Bonchev–Trinajstić information content (AvgIpc) is 2.01. The molecule has 1 rings (SSSR count). The summed E-state index contributed by atoms with van der Waals surface area (Å²) in [6.07, 6.45) is -3.53. The summed E-state index contributed by atoms with van der Waals surface area (Å²) in [7, 11) is 0. The summed E-state index contributed by atoms with van der Waals surface area (Å²) in [6, 6.07) is 1.34. The second kappa shape index (κ2) is 3.96. The Kier molecular flexibility index (Phi) is 3.34. The van der Waals surface area contributed by atoms with E-state index in [1.54, 1.807) is 0 Å². The summed E-state index contributed by atoms with van der Waals surface area (Å²) in [6.45, 7) is 0. The Morgan fingerprint density at radius 2 is 2.00 bits per heavy atom. The Bertz CT molecular complexity index is 311. The van der Waals surface area contributed by atoms with Crippen molar-refractivity contribution in [3.05, 3.63) is 28.0 Å². The van der Waals surface area contributed by atoms with Gasteiger partial charge in [0, 0.05) is 16.0 Å². The van der Waals surface area contributed by atoms with E-state index in [4.69, 9.17) is 0 Å². The number of hydrogen-bond donors (Lipinski definition) is 0. The van der Waals surface area contributed by atoms with Gasteiger partial charge in [-0.3, -0.25) is 4.98 Å². The van der Waals surface area contributed by atoms with Crippen molar-refractivity contribution >= 4 is 31.9 Å². The minimum atomic E-state index is -4.35. The van der Waals surface area contributed by atoms with Crippen LogP contribution in [-0.2, 0) is 11.5 Å². The van der Waals surface area contributed by atoms with Gasteiger partial charge in [0.15, 0.2) is 0 Å². The fourth-order valence-electron chi connectivity index (χ4n) is 0.752. The molecule has 1 aromatic heterocycles. The van der Waals surface area contributed by atoms with Crippen molar-refractivity contribution in [1.82, 2.24) is 4.98 Å². The fraction of sp³-hybridized carbons (Fsp3) is 0.286. The molecule has 1 aromatic rings. The van der Waals surface area contributed by atoms with Crippen molar-refractivity contribution in [3.63, 3.8) is 0 Å². The molecule has 0 aliphatic heterocycles. The van der Waals surface area contributed by atoms with Crippen molar-refractivity contribution in [2.75, 3.05) is 0 Å². The summed E-state index contributed by atoms with van der Waals surface area (Å²) in [5, 5.41) is 0.434. The molecule has 0 amide bonds. The zero-order valence-corrected chi connectivity index (χ0v) is 9.37. The van der Waals surface area contributed by atoms with Crippen LogP contribution in [0.5, 0.6) is 0 Å². The second-order valence-corrected chi connectivity index (χ2v) is 3.70. The van der Waals surface area contributed by atoms with Crippen LogP contribution in [0.1, 0.15) is 11.3 Å². The molecular weight excluding hydrogens is 315 g/mol. The van der Waals surface area contributed by atoms with E-state index in [1.165, 1.54) is 6.07 Å². The van der Waals surface area contributed by atoms with Crippen molar-refractivity contribution in [3.8, 4) is 0 Å². The quantitative estimate of drug-likeness (QED) is 0.719. The smallest absolute Gasteiger partial charge is 0.260 e. The summed E-state index contributed by atoms with van der Waals surface area (Å²) in [5.41, 5.74) is -0.197. The molecule has 0 saturated carbocycles. The lowest BCUT2D eigenvalue weighted by atomic mass is 10.2. The topological polar surface area (TPSA) is 12.9 Å². The lowest BCUT2D eigenvalue weighted by Crippen LogP contribution is -2.07. The SMILES string of the molecule is FC(F)(F)c1cnc(CBr)cc1Br. The molecule has 0 aromatic carbocycles. The van der Waals surface area contributed by atoms with Crippen LogP contribution in [0.2, 0.25) is 0 Å². The number of alkyl halides is 4. The van der Waals surface area contributed by atoms with Crippen LogP contribution in [-0.4, -0.2) is 4.98 Å². The molecule has 0 aliphatic rings. The highest BCUT2D eigenvalue weighted by Gasteiger charge is 2.33. The molecule has 0 radical (unpaired) electrons. The van der Waals surface area contributed by atoms with E-state index in [0.29, 0.717) is 11.0 Å². The molecule has 72 valence electrons. The zero-order chi connectivity index (χ0) is 10.1. The molecule has 0 unspecified atom stereocenters. The monoisotopic (exact) mass is 317 g/mol. The van der Waals surface area contributed by atoms with Gasteiger partial charge in [-0.05, 0) is 6.07 Å². The van der Waals surface area contributed by atoms with E-state index in [9.17, 15) is 13.2 Å². The number of halogens is 5. The standard InChI is InChI=1S/C7H4Br2F3N/c8-2-4-1-6(9)5(3-13-4)7(10,11)12/h1,3H,2H2. The molecule has 6 heteroatoms. The molecule has 0 atom stereocenters. The van der Waals surface area contributed by atoms with E-state index in [1.807, 2.05) is 0 Å². The van der Waals surface area contributed by atoms with Crippen LogP contribution in [0.3, 0.4) is 0 Å². The van der Waals surface area contributed by atoms with Crippen LogP contribution in [0.4, 0.5) is 13.2 Å². The third kappa shape index (κ3) is 2.67. The fourth-order valence-corrected chi connectivity index (χ4v) is 1.65. The molecule has 0 fully saturated rings. The van der Waals surface area contributed by atoms with Crippen LogP contribution >= 0.6 is 31.9 Å². The molecule has 1 heterocycles. The molecular formula is C7H4Br2F3N. The zero-order valence-electron chi connectivity index (χ0n) is 6.20. The number of hydrogen-bond acceptors (Lipinski definition) is 1. The molecule has 0 saturated heterocycles. The van der Waals surface area contributed by atoms with Crippen molar-refractivity contribution < 1.29 is 13.2 Å². The first kappa shape index (κ1) is 11.0. The molecule has 0 aliphatic carbocycles. The average molecular weight is 319 g/mol. The molecule has 0 spiro atoms. The van der Waals surface area contributed by atoms with Gasteiger partial charge in [-0.25, -0.2) is 0 Å². The second-order valence-electron chi connectivity index (χ2n) is 2.29. The van der Waals surface area contributed by atoms with E-state index in [2.05, 4.69) is 36.8 Å². The summed E-state index contributed by atoms with van der Waals surface area (Å²) in [5.74, 6) is 0. The van der Waals surface area contributed by atoms with E-state index < -0.39 is 11.7 Å². The van der Waals surface area contributed by atoms with Crippen LogP contribution in [0.15, 0.2) is 16.7 Å². The number of aromatic nitrogens is 1. The van der Waals surface area contributed by atoms with E-state index in [-0.39, 0.29) is 4.47 Å². The van der Waals surface area contributed by atoms with Crippen molar-refractivity contribution in [1.29, 1.82) is 0 Å². The minimum Gasteiger partial charge on any atom is -0.260 e. The Morgan fingerprint density at radius 1 is 1.38 bits per heavy atom. The number of rotatable bonds is 1. The van der Waals surface area contributed by atoms with E-state index in [0.717, 1.165) is 6.20 Å². The van der Waals surface area contributed by atoms with Gasteiger partial charge in [0.25, 0.3) is 0 Å². The predicted molar refractivity (Wildman–Crippen MR) is 49.6 cm³/mol. The predicted octanol–water partition coefficient (Wildman–Crippen LogP) is 3.76. The summed E-state index contributed by atoms with van der Waals surface area (Å²) < 4.78 is 36.6. The first-order valence-electron chi connectivity index (χ1n) is 3.22. The highest BCUT2D eigenvalue weighted by molar-refractivity contribution is 9.10. The van der Waals surface area contributed by atoms with Gasteiger partial charge < -0.3 is 0 Å². The van der Waals surface area contributed by atoms with Crippen molar-refractivity contribution in [2.24, 2.45) is 0 Å². The number of nitrogens with zero attached hydrogens (tertiary/aromatic N) is 1. The highest BCUT2D eigenvalue weighted by atomic mass is 79.9. The maximum absolute atomic E-state index is 12.2. The first-order chi connectivity index (χ1) is 5.95. The first-order valence-corrected chi connectivity index (χ1v) is 5.14. The molecule has 0 bridgehead atoms. The van der Waals surface area contributed by atoms with Gasteiger partial charge in [0.1, 0.15) is 0 Å². The van der Waals surface area contributed by atoms with Gasteiger partial charge in [0.05, 0.1) is 11.3 Å². The van der Waals surface area contributed by atoms with Gasteiger partial charge in [-0.15, -0.1) is 0 Å². The maximum Gasteiger partial charge on any atom is 0.418 e. The Balaban J connectivity index is 3.13. The van der Waals surface area contributed by atoms with Gasteiger partial charge >= 0.3 is 6.18 Å². The molecule has 1 nitrogen and oxygen atoms in total. The summed E-state index contributed by atoms with van der Waals surface area (Å²) >= 11 is 5.94. The Hall–Kier alpha value is -0.100. The van der Waals surface area contributed by atoms with Gasteiger partial charge in [-0.1, -0.05) is 31.9 Å². The normalized spacial score (nSPS) is 11.8. The third-order valence-electron chi connectivity index (χ3n) is 1.35. The lowest BCUT2D eigenvalue weighted by Gasteiger charge is -2.08. The third-order valence-corrected chi connectivity index (χ3v) is 2.58. The van der Waals surface area contributed by atoms with Crippen LogP contribution in [0, 0.1) is 0 Å². The minimum absolute atomic E-state index is 0.0180. The Morgan fingerprint density at radius 3 is 2.38 bits per heavy atom. The largest absolute Gasteiger partial charge is 0.418 e. The van der Waals surface area contributed by atoms with E-state index >= 15 is 0 Å².